The number of aliphatic carboxylic acids is 2. The molecule has 6 rings (SSSR count). The monoisotopic (exact) mass is 469 g/mol. The molecule has 9 heteroatoms. The van der Waals surface area contributed by atoms with Crippen molar-refractivity contribution in [1.29, 1.82) is 0 Å². The molecule has 0 aliphatic carbocycles. The van der Waals surface area contributed by atoms with Gasteiger partial charge in [-0.1, -0.05) is 60.7 Å². The van der Waals surface area contributed by atoms with Crippen LogP contribution in [0.3, 0.4) is 0 Å². The van der Waals surface area contributed by atoms with Gasteiger partial charge in [0, 0.05) is 23.6 Å². The van der Waals surface area contributed by atoms with Crippen LogP contribution in [-0.2, 0) is 15.3 Å². The maximum absolute atomic E-state index is 16.6. The maximum atomic E-state index is 16.6. The van der Waals surface area contributed by atoms with Crippen LogP contribution in [-0.4, -0.2) is 56.0 Å². The second kappa shape index (κ2) is 9.76. The fraction of sp³-hybridized carbons (Fsp3) is 0.333. The summed E-state index contributed by atoms with van der Waals surface area (Å²) in [5.41, 5.74) is -0.672. The number of fused-ring (bicyclic) bond motifs is 3. The van der Waals surface area contributed by atoms with Crippen LogP contribution in [0.2, 0.25) is 0 Å². The minimum absolute atomic E-state index is 0.274. The molecule has 7 nitrogen and oxygen atoms in total. The Morgan fingerprint density at radius 1 is 0.939 bits per heavy atom. The molecular weight excluding hydrogens is 445 g/mol. The second-order valence-electron chi connectivity index (χ2n) is 8.20. The number of piperidine rings is 3. The molecular formula is C24H24FN3O4S. The van der Waals surface area contributed by atoms with Crippen molar-refractivity contribution in [3.63, 3.8) is 0 Å². The third-order valence-electron chi connectivity index (χ3n) is 6.25. The van der Waals surface area contributed by atoms with E-state index in [0.29, 0.717) is 23.0 Å². The van der Waals surface area contributed by atoms with Crippen molar-refractivity contribution >= 4 is 23.5 Å². The summed E-state index contributed by atoms with van der Waals surface area (Å²) >= 11 is 1.38. The number of carboxylic acids is 2. The zero-order valence-electron chi connectivity index (χ0n) is 17.8. The van der Waals surface area contributed by atoms with Crippen LogP contribution < -0.4 is 0 Å². The van der Waals surface area contributed by atoms with Gasteiger partial charge >= 0.3 is 11.9 Å². The average Bonchev–Trinajstić information content (AvgIpc) is 3.36. The summed E-state index contributed by atoms with van der Waals surface area (Å²) in [6.45, 7) is 3.41. The SMILES string of the molecule is FC(c1ccccc1)(c1ccccc1)c1nsc(C2CN3CCC2CC3)n1.O=C(O)C(=O)O. The quantitative estimate of drug-likeness (QED) is 0.561. The van der Waals surface area contributed by atoms with Gasteiger partial charge in [0.05, 0.1) is 0 Å². The average molecular weight is 470 g/mol. The van der Waals surface area contributed by atoms with Crippen molar-refractivity contribution in [2.45, 2.75) is 24.4 Å². The van der Waals surface area contributed by atoms with Crippen molar-refractivity contribution in [2.75, 3.05) is 19.6 Å². The van der Waals surface area contributed by atoms with Gasteiger partial charge in [-0.3, -0.25) is 0 Å². The first kappa shape index (κ1) is 23.0. The van der Waals surface area contributed by atoms with E-state index in [1.54, 1.807) is 0 Å². The first-order valence-electron chi connectivity index (χ1n) is 10.7. The molecule has 33 heavy (non-hydrogen) atoms. The maximum Gasteiger partial charge on any atom is 0.414 e. The van der Waals surface area contributed by atoms with Crippen LogP contribution in [0.25, 0.3) is 0 Å². The molecule has 1 aromatic heterocycles. The summed E-state index contributed by atoms with van der Waals surface area (Å²) in [5, 5.41) is 15.8. The molecule has 1 atom stereocenters. The van der Waals surface area contributed by atoms with Crippen molar-refractivity contribution < 1.29 is 24.2 Å². The molecule has 2 N–H and O–H groups in total. The number of rotatable bonds is 4. The highest BCUT2D eigenvalue weighted by atomic mass is 32.1. The Morgan fingerprint density at radius 3 is 1.88 bits per heavy atom. The highest BCUT2D eigenvalue weighted by Crippen LogP contribution is 2.43. The molecule has 0 saturated carbocycles. The molecule has 4 heterocycles. The number of hydrogen-bond donors (Lipinski definition) is 2. The Morgan fingerprint density at radius 2 is 1.45 bits per heavy atom. The predicted octanol–water partition coefficient (Wildman–Crippen LogP) is 3.76. The fourth-order valence-electron chi connectivity index (χ4n) is 4.53. The Balaban J connectivity index is 0.000000385. The topological polar surface area (TPSA) is 104 Å². The van der Waals surface area contributed by atoms with E-state index < -0.39 is 17.6 Å². The zero-order chi connectivity index (χ0) is 23.4. The van der Waals surface area contributed by atoms with Crippen LogP contribution in [0.4, 0.5) is 4.39 Å². The van der Waals surface area contributed by atoms with Gasteiger partial charge in [-0.05, 0) is 43.4 Å². The third-order valence-corrected chi connectivity index (χ3v) is 7.09. The van der Waals surface area contributed by atoms with Crippen molar-refractivity contribution in [3.8, 4) is 0 Å². The number of aromatic nitrogens is 2. The molecule has 0 amide bonds. The number of carbonyl (C=O) groups is 2. The fourth-order valence-corrected chi connectivity index (χ4v) is 5.41. The molecule has 172 valence electrons. The third kappa shape index (κ3) is 4.79. The molecule has 0 spiro atoms. The lowest BCUT2D eigenvalue weighted by Gasteiger charge is -2.43. The first-order chi connectivity index (χ1) is 15.9. The Bertz CT molecular complexity index is 1050. The Labute approximate surface area is 194 Å². The normalized spacial score (nSPS) is 21.7. The van der Waals surface area contributed by atoms with Crippen LogP contribution in [0.15, 0.2) is 60.7 Å². The zero-order valence-corrected chi connectivity index (χ0v) is 18.6. The molecule has 1 unspecified atom stereocenters. The van der Waals surface area contributed by atoms with Gasteiger partial charge < -0.3 is 15.1 Å². The van der Waals surface area contributed by atoms with Crippen molar-refractivity contribution in [2.24, 2.45) is 5.92 Å². The minimum Gasteiger partial charge on any atom is -0.473 e. The highest BCUT2D eigenvalue weighted by Gasteiger charge is 2.42. The van der Waals surface area contributed by atoms with E-state index >= 15 is 4.39 Å². The van der Waals surface area contributed by atoms with Gasteiger partial charge in [0.15, 0.2) is 5.82 Å². The van der Waals surface area contributed by atoms with Crippen LogP contribution in [0.1, 0.15) is 40.7 Å². The Kier molecular flexibility index (Phi) is 6.80. The van der Waals surface area contributed by atoms with E-state index in [4.69, 9.17) is 24.8 Å². The lowest BCUT2D eigenvalue weighted by molar-refractivity contribution is -0.159. The smallest absolute Gasteiger partial charge is 0.414 e. The van der Waals surface area contributed by atoms with Crippen molar-refractivity contribution in [3.05, 3.63) is 82.6 Å². The van der Waals surface area contributed by atoms with Gasteiger partial charge in [0.25, 0.3) is 0 Å². The van der Waals surface area contributed by atoms with Gasteiger partial charge in [-0.15, -0.1) is 0 Å². The predicted molar refractivity (Wildman–Crippen MR) is 121 cm³/mol. The van der Waals surface area contributed by atoms with E-state index in [1.165, 1.54) is 37.5 Å². The van der Waals surface area contributed by atoms with Crippen LogP contribution in [0.5, 0.6) is 0 Å². The minimum atomic E-state index is -1.83. The summed E-state index contributed by atoms with van der Waals surface area (Å²) < 4.78 is 21.2. The van der Waals surface area contributed by atoms with E-state index in [-0.39, 0.29) is 5.82 Å². The molecule has 3 aliphatic heterocycles. The number of halogens is 1. The molecule has 2 aromatic carbocycles. The van der Waals surface area contributed by atoms with Gasteiger partial charge in [-0.25, -0.2) is 19.0 Å². The summed E-state index contributed by atoms with van der Waals surface area (Å²) in [6, 6.07) is 18.6. The number of hydrogen-bond acceptors (Lipinski definition) is 6. The van der Waals surface area contributed by atoms with E-state index in [1.807, 2.05) is 60.7 Å². The highest BCUT2D eigenvalue weighted by molar-refractivity contribution is 7.05. The lowest BCUT2D eigenvalue weighted by atomic mass is 9.79. The number of carboxylic acid groups (broad SMARTS) is 2. The molecule has 2 bridgehead atoms. The van der Waals surface area contributed by atoms with Crippen LogP contribution in [0, 0.1) is 5.92 Å². The first-order valence-corrected chi connectivity index (χ1v) is 11.5. The Hall–Kier alpha value is -3.17. The summed E-state index contributed by atoms with van der Waals surface area (Å²) in [4.78, 5) is 25.5. The lowest BCUT2D eigenvalue weighted by Crippen LogP contribution is -2.46. The summed E-state index contributed by atoms with van der Waals surface area (Å²) in [5.74, 6) is -2.31. The number of alkyl halides is 1. The molecule has 3 aliphatic rings. The summed E-state index contributed by atoms with van der Waals surface area (Å²) in [7, 11) is 0. The summed E-state index contributed by atoms with van der Waals surface area (Å²) in [6.07, 6.45) is 2.44. The number of benzene rings is 2. The van der Waals surface area contributed by atoms with E-state index in [2.05, 4.69) is 9.27 Å². The van der Waals surface area contributed by atoms with E-state index in [9.17, 15) is 0 Å². The second-order valence-corrected chi connectivity index (χ2v) is 8.99. The number of nitrogens with zero attached hydrogens (tertiary/aromatic N) is 3. The van der Waals surface area contributed by atoms with Gasteiger partial charge in [0.2, 0.25) is 5.67 Å². The molecule has 3 aromatic rings. The van der Waals surface area contributed by atoms with Crippen LogP contribution >= 0.6 is 11.5 Å². The van der Waals surface area contributed by atoms with Crippen molar-refractivity contribution in [1.82, 2.24) is 14.3 Å². The standard InChI is InChI=1S/C22H22FN3S.C2H2O4/c23-22(17-7-3-1-4-8-17,18-9-5-2-6-10-18)21-24-20(27-25-21)19-15-26-13-11-16(19)12-14-26;3-1(4)2(5)6/h1-10,16,19H,11-15H2;(H,3,4)(H,5,6). The molecule has 3 saturated heterocycles. The van der Waals surface area contributed by atoms with Gasteiger partial charge in [0.1, 0.15) is 5.01 Å². The molecule has 3 fully saturated rings. The largest absolute Gasteiger partial charge is 0.473 e. The molecule has 0 radical (unpaired) electrons. The van der Waals surface area contributed by atoms with Gasteiger partial charge in [-0.2, -0.15) is 4.37 Å². The van der Waals surface area contributed by atoms with E-state index in [0.717, 1.165) is 11.6 Å².